The Hall–Kier alpha value is -1.73. The van der Waals surface area contributed by atoms with Gasteiger partial charge in [-0.3, -0.25) is 14.9 Å². The number of ether oxygens (including phenoxy) is 1. The maximum atomic E-state index is 12.3. The molecule has 7 heteroatoms. The van der Waals surface area contributed by atoms with Gasteiger partial charge in [0.25, 0.3) is 0 Å². The fourth-order valence-corrected chi connectivity index (χ4v) is 3.70. The molecule has 0 fully saturated rings. The Labute approximate surface area is 140 Å². The second-order valence-corrected chi connectivity index (χ2v) is 6.48. The van der Waals surface area contributed by atoms with Crippen molar-refractivity contribution >= 4 is 33.0 Å². The number of Topliss-reactive ketones (excluding diaryl/α,β-unsaturated/α-hetero) is 1. The normalized spacial score (nSPS) is 11.9. The summed E-state index contributed by atoms with van der Waals surface area (Å²) in [6.07, 6.45) is 0.104. The van der Waals surface area contributed by atoms with E-state index in [4.69, 9.17) is 4.74 Å². The fourth-order valence-electron chi connectivity index (χ4n) is 2.15. The molecular formula is C15H14BrNO4S. The van der Waals surface area contributed by atoms with E-state index in [-0.39, 0.29) is 23.7 Å². The summed E-state index contributed by atoms with van der Waals surface area (Å²) < 4.78 is 5.81. The molecule has 0 radical (unpaired) electrons. The average Bonchev–Trinajstić information content (AvgIpc) is 2.92. The lowest BCUT2D eigenvalue weighted by Crippen LogP contribution is -2.16. The van der Waals surface area contributed by atoms with E-state index in [1.807, 2.05) is 5.38 Å². The predicted octanol–water partition coefficient (Wildman–Crippen LogP) is 4.15. The largest absolute Gasteiger partial charge is 0.497 e. The summed E-state index contributed by atoms with van der Waals surface area (Å²) in [5, 5.41) is 12.7. The smallest absolute Gasteiger partial charge is 0.211 e. The summed E-state index contributed by atoms with van der Waals surface area (Å²) in [6.45, 7) is -0.277. The maximum absolute atomic E-state index is 12.3. The van der Waals surface area contributed by atoms with Crippen molar-refractivity contribution in [2.24, 2.45) is 0 Å². The SMILES string of the molecule is COc1ccc(C(CC(=O)c2sccc2Br)C[N+](=O)[O-])cc1. The molecular weight excluding hydrogens is 370 g/mol. The van der Waals surface area contributed by atoms with Crippen LogP contribution in [0.1, 0.15) is 27.6 Å². The summed E-state index contributed by atoms with van der Waals surface area (Å²) in [7, 11) is 1.56. The summed E-state index contributed by atoms with van der Waals surface area (Å²) in [5.74, 6) is 0.128. The topological polar surface area (TPSA) is 69.4 Å². The predicted molar refractivity (Wildman–Crippen MR) is 88.6 cm³/mol. The highest BCUT2D eigenvalue weighted by atomic mass is 79.9. The first-order valence-corrected chi connectivity index (χ1v) is 8.20. The van der Waals surface area contributed by atoms with Gasteiger partial charge < -0.3 is 4.74 Å². The molecule has 22 heavy (non-hydrogen) atoms. The Bertz CT molecular complexity index is 668. The molecule has 0 saturated heterocycles. The lowest BCUT2D eigenvalue weighted by Gasteiger charge is -2.13. The number of rotatable bonds is 7. The van der Waals surface area contributed by atoms with Crippen LogP contribution in [0.4, 0.5) is 0 Å². The van der Waals surface area contributed by atoms with Gasteiger partial charge in [0.15, 0.2) is 5.78 Å². The van der Waals surface area contributed by atoms with Crippen molar-refractivity contribution in [2.75, 3.05) is 13.7 Å². The van der Waals surface area contributed by atoms with Crippen molar-refractivity contribution in [2.45, 2.75) is 12.3 Å². The number of methoxy groups -OCH3 is 1. The van der Waals surface area contributed by atoms with E-state index in [1.54, 1.807) is 37.4 Å². The van der Waals surface area contributed by atoms with Crippen LogP contribution in [0.3, 0.4) is 0 Å². The van der Waals surface area contributed by atoms with Crippen LogP contribution >= 0.6 is 27.3 Å². The lowest BCUT2D eigenvalue weighted by molar-refractivity contribution is -0.483. The minimum atomic E-state index is -0.456. The molecule has 116 valence electrons. The third-order valence-electron chi connectivity index (χ3n) is 3.26. The maximum Gasteiger partial charge on any atom is 0.211 e. The number of ketones is 1. The van der Waals surface area contributed by atoms with E-state index >= 15 is 0 Å². The molecule has 1 aromatic carbocycles. The van der Waals surface area contributed by atoms with Crippen molar-refractivity contribution < 1.29 is 14.5 Å². The summed E-state index contributed by atoms with van der Waals surface area (Å²) in [4.78, 5) is 23.5. The van der Waals surface area contributed by atoms with E-state index in [0.29, 0.717) is 10.6 Å². The van der Waals surface area contributed by atoms with Crippen molar-refractivity contribution in [1.82, 2.24) is 0 Å². The number of benzene rings is 1. The van der Waals surface area contributed by atoms with Crippen LogP contribution in [0.15, 0.2) is 40.2 Å². The molecule has 5 nitrogen and oxygen atoms in total. The number of hydrogen-bond donors (Lipinski definition) is 0. The molecule has 0 bridgehead atoms. The molecule has 0 spiro atoms. The molecule has 0 aliphatic carbocycles. The standard InChI is InChI=1S/C15H14BrNO4S/c1-21-12-4-2-10(3-5-12)11(9-17(19)20)8-14(18)15-13(16)6-7-22-15/h2-7,11H,8-9H2,1H3. The third kappa shape index (κ3) is 4.14. The minimum Gasteiger partial charge on any atom is -0.497 e. The van der Waals surface area contributed by atoms with Crippen LogP contribution in [0.25, 0.3) is 0 Å². The zero-order valence-corrected chi connectivity index (χ0v) is 14.2. The van der Waals surface area contributed by atoms with E-state index in [1.165, 1.54) is 11.3 Å². The third-order valence-corrected chi connectivity index (χ3v) is 5.14. The highest BCUT2D eigenvalue weighted by molar-refractivity contribution is 9.10. The highest BCUT2D eigenvalue weighted by Gasteiger charge is 2.23. The molecule has 2 aromatic rings. The van der Waals surface area contributed by atoms with Crippen LogP contribution < -0.4 is 4.74 Å². The van der Waals surface area contributed by atoms with E-state index < -0.39 is 5.92 Å². The Morgan fingerprint density at radius 1 is 1.36 bits per heavy atom. The molecule has 1 unspecified atom stereocenters. The Balaban J connectivity index is 2.20. The second kappa shape index (κ2) is 7.51. The molecule has 0 aliphatic heterocycles. The van der Waals surface area contributed by atoms with Gasteiger partial charge in [-0.2, -0.15) is 0 Å². The lowest BCUT2D eigenvalue weighted by atomic mass is 9.93. The van der Waals surface area contributed by atoms with Gasteiger partial charge in [-0.1, -0.05) is 12.1 Å². The Kier molecular flexibility index (Phi) is 5.68. The number of hydrogen-bond acceptors (Lipinski definition) is 5. The van der Waals surface area contributed by atoms with Gasteiger partial charge in [-0.15, -0.1) is 11.3 Å². The molecule has 0 saturated carbocycles. The highest BCUT2D eigenvalue weighted by Crippen LogP contribution is 2.29. The van der Waals surface area contributed by atoms with Gasteiger partial charge >= 0.3 is 0 Å². The molecule has 0 amide bonds. The number of halogens is 1. The molecule has 0 N–H and O–H groups in total. The van der Waals surface area contributed by atoms with E-state index in [0.717, 1.165) is 10.0 Å². The number of nitrogens with zero attached hydrogens (tertiary/aromatic N) is 1. The summed E-state index contributed by atoms with van der Waals surface area (Å²) >= 11 is 4.66. The van der Waals surface area contributed by atoms with E-state index in [2.05, 4.69) is 15.9 Å². The van der Waals surface area contributed by atoms with Crippen molar-refractivity contribution in [3.8, 4) is 5.75 Å². The van der Waals surface area contributed by atoms with Gasteiger partial charge in [-0.25, -0.2) is 0 Å². The van der Waals surface area contributed by atoms with Gasteiger partial charge in [0.05, 0.1) is 17.9 Å². The minimum absolute atomic E-state index is 0.0930. The first-order valence-electron chi connectivity index (χ1n) is 6.53. The van der Waals surface area contributed by atoms with Crippen molar-refractivity contribution in [1.29, 1.82) is 0 Å². The average molecular weight is 384 g/mol. The molecule has 1 atom stereocenters. The quantitative estimate of drug-likeness (QED) is 0.409. The summed E-state index contributed by atoms with van der Waals surface area (Å²) in [6, 6.07) is 8.82. The Morgan fingerprint density at radius 2 is 2.05 bits per heavy atom. The zero-order chi connectivity index (χ0) is 16.1. The van der Waals surface area contributed by atoms with E-state index in [9.17, 15) is 14.9 Å². The van der Waals surface area contributed by atoms with Crippen molar-refractivity contribution in [3.05, 3.63) is 60.7 Å². The van der Waals surface area contributed by atoms with Crippen LogP contribution in [-0.2, 0) is 0 Å². The molecule has 2 rings (SSSR count). The molecule has 0 aliphatic rings. The van der Waals surface area contributed by atoms with Crippen LogP contribution in [-0.4, -0.2) is 24.4 Å². The van der Waals surface area contributed by atoms with Crippen molar-refractivity contribution in [3.63, 3.8) is 0 Å². The second-order valence-electron chi connectivity index (χ2n) is 4.71. The monoisotopic (exact) mass is 383 g/mol. The van der Waals surface area contributed by atoms with Gasteiger partial charge in [-0.05, 0) is 45.1 Å². The first-order chi connectivity index (χ1) is 10.5. The number of carbonyl (C=O) groups is 1. The zero-order valence-electron chi connectivity index (χ0n) is 11.8. The Morgan fingerprint density at radius 3 is 2.55 bits per heavy atom. The van der Waals surface area contributed by atoms with Crippen LogP contribution in [0, 0.1) is 10.1 Å². The molecule has 1 aromatic heterocycles. The van der Waals surface area contributed by atoms with Gasteiger partial charge in [0.2, 0.25) is 6.54 Å². The number of carbonyl (C=O) groups excluding carboxylic acids is 1. The number of thiophene rings is 1. The molecule has 1 heterocycles. The summed E-state index contributed by atoms with van der Waals surface area (Å²) in [5.41, 5.74) is 0.763. The first kappa shape index (κ1) is 16.6. The van der Waals surface area contributed by atoms with Gasteiger partial charge in [0.1, 0.15) is 5.75 Å². The van der Waals surface area contributed by atoms with Gasteiger partial charge in [0, 0.05) is 15.8 Å². The number of nitro groups is 1. The van der Waals surface area contributed by atoms with Crippen LogP contribution in [0.2, 0.25) is 0 Å². The van der Waals surface area contributed by atoms with Crippen LogP contribution in [0.5, 0.6) is 5.75 Å². The fraction of sp³-hybridized carbons (Fsp3) is 0.267.